The Hall–Kier alpha value is -3.45. The topological polar surface area (TPSA) is 43.3 Å². The number of aryl methyl sites for hydroxylation is 1. The van der Waals surface area contributed by atoms with Gasteiger partial charge >= 0.3 is 0 Å². The van der Waals surface area contributed by atoms with Gasteiger partial charge in [-0.2, -0.15) is 0 Å². The van der Waals surface area contributed by atoms with E-state index in [1.165, 1.54) is 22.3 Å². The van der Waals surface area contributed by atoms with Gasteiger partial charge in [-0.05, 0) is 102 Å². The summed E-state index contributed by atoms with van der Waals surface area (Å²) >= 11 is 7.98. The Morgan fingerprint density at radius 3 is 2.20 bits per heavy atom. The monoisotopic (exact) mass is 570 g/mol. The van der Waals surface area contributed by atoms with Crippen LogP contribution in [-0.2, 0) is 24.9 Å². The second kappa shape index (κ2) is 11.6. The largest absolute Gasteiger partial charge is 0.497 e. The highest BCUT2D eigenvalue weighted by molar-refractivity contribution is 7.97. The first-order chi connectivity index (χ1) is 19.5. The summed E-state index contributed by atoms with van der Waals surface area (Å²) in [5.74, 6) is 2.52. The van der Waals surface area contributed by atoms with Crippen molar-refractivity contribution >= 4 is 35.5 Å². The van der Waals surface area contributed by atoms with Crippen LogP contribution >= 0.6 is 23.5 Å². The van der Waals surface area contributed by atoms with Gasteiger partial charge in [-0.25, -0.2) is 4.31 Å². The van der Waals surface area contributed by atoms with E-state index in [-0.39, 0.29) is 5.41 Å². The van der Waals surface area contributed by atoms with E-state index < -0.39 is 0 Å². The number of benzene rings is 4. The molecule has 6 rings (SSSR count). The lowest BCUT2D eigenvalue weighted by atomic mass is 9.84. The zero-order valence-corrected chi connectivity index (χ0v) is 24.2. The molecule has 0 saturated heterocycles. The fourth-order valence-electron chi connectivity index (χ4n) is 5.38. The van der Waals surface area contributed by atoms with Crippen molar-refractivity contribution < 1.29 is 14.2 Å². The van der Waals surface area contributed by atoms with Crippen molar-refractivity contribution in [2.24, 2.45) is 4.99 Å². The van der Waals surface area contributed by atoms with Crippen molar-refractivity contribution in [3.8, 4) is 17.2 Å². The van der Waals surface area contributed by atoms with E-state index in [9.17, 15) is 0 Å². The molecule has 1 unspecified atom stereocenters. The van der Waals surface area contributed by atoms with E-state index in [1.807, 2.05) is 36.4 Å². The standard InChI is InChI=1S/C33H31ClN2O3S/c1-37-27-8-3-23(4-9-27)19-36(20-24-5-10-28(38-2)11-6-24)40-29-12-14-32-31(18-29)35-21-33(22-39-32)16-15-25-17-26(34)7-13-30(25)33/h3-14,17-18,21H,15-16,19-20,22H2,1-2H3. The molecule has 0 saturated carbocycles. The smallest absolute Gasteiger partial charge is 0.145 e. The first kappa shape index (κ1) is 26.8. The fourth-order valence-corrected chi connectivity index (χ4v) is 6.60. The number of ether oxygens (including phenoxy) is 3. The molecular formula is C33H31ClN2O3S. The molecule has 0 bridgehead atoms. The van der Waals surface area contributed by atoms with Gasteiger partial charge in [0.05, 0.1) is 19.6 Å². The molecule has 4 aromatic rings. The second-order valence-electron chi connectivity index (χ2n) is 10.2. The van der Waals surface area contributed by atoms with Gasteiger partial charge in [-0.3, -0.25) is 4.99 Å². The number of hydrogen-bond acceptors (Lipinski definition) is 6. The Bertz CT molecular complexity index is 1470. The minimum atomic E-state index is -0.221. The summed E-state index contributed by atoms with van der Waals surface area (Å²) in [7, 11) is 3.38. The molecule has 2 aliphatic rings. The molecule has 5 nitrogen and oxygen atoms in total. The number of hydrogen-bond donors (Lipinski definition) is 0. The predicted molar refractivity (Wildman–Crippen MR) is 163 cm³/mol. The van der Waals surface area contributed by atoms with E-state index in [0.717, 1.165) is 58.8 Å². The Labute approximate surface area is 244 Å². The van der Waals surface area contributed by atoms with Gasteiger partial charge in [0.25, 0.3) is 0 Å². The molecular weight excluding hydrogens is 540 g/mol. The minimum Gasteiger partial charge on any atom is -0.497 e. The quantitative estimate of drug-likeness (QED) is 0.201. The van der Waals surface area contributed by atoms with Crippen molar-refractivity contribution in [2.75, 3.05) is 20.8 Å². The zero-order chi connectivity index (χ0) is 27.5. The van der Waals surface area contributed by atoms with Crippen molar-refractivity contribution in [3.63, 3.8) is 0 Å². The van der Waals surface area contributed by atoms with Crippen LogP contribution in [0.4, 0.5) is 5.69 Å². The molecule has 0 amide bonds. The summed E-state index contributed by atoms with van der Waals surface area (Å²) in [6, 6.07) is 28.9. The van der Waals surface area contributed by atoms with Crippen LogP contribution in [0.25, 0.3) is 0 Å². The Kier molecular flexibility index (Phi) is 7.74. The molecule has 1 spiro atoms. The van der Waals surface area contributed by atoms with Crippen molar-refractivity contribution in [1.29, 1.82) is 0 Å². The van der Waals surface area contributed by atoms with Gasteiger partial charge in [0.2, 0.25) is 0 Å². The summed E-state index contributed by atoms with van der Waals surface area (Å²) in [4.78, 5) is 6.08. The normalized spacial score (nSPS) is 17.3. The lowest BCUT2D eigenvalue weighted by molar-refractivity contribution is 0.265. The highest BCUT2D eigenvalue weighted by Crippen LogP contribution is 2.44. The van der Waals surface area contributed by atoms with E-state index >= 15 is 0 Å². The summed E-state index contributed by atoms with van der Waals surface area (Å²) in [6.45, 7) is 2.10. The van der Waals surface area contributed by atoms with E-state index in [1.54, 1.807) is 26.2 Å². The number of aliphatic imine (C=N–C) groups is 1. The van der Waals surface area contributed by atoms with Gasteiger partial charge < -0.3 is 14.2 Å². The van der Waals surface area contributed by atoms with Gasteiger partial charge in [-0.15, -0.1) is 0 Å². The maximum absolute atomic E-state index is 6.36. The average molecular weight is 571 g/mol. The maximum Gasteiger partial charge on any atom is 0.145 e. The molecule has 0 N–H and O–H groups in total. The molecule has 0 fully saturated rings. The van der Waals surface area contributed by atoms with Crippen LogP contribution in [0.3, 0.4) is 0 Å². The first-order valence-electron chi connectivity index (χ1n) is 13.3. The zero-order valence-electron chi connectivity index (χ0n) is 22.6. The number of halogens is 1. The molecule has 1 aliphatic heterocycles. The van der Waals surface area contributed by atoms with E-state index in [2.05, 4.69) is 59.1 Å². The van der Waals surface area contributed by atoms with Gasteiger partial charge in [0, 0.05) is 29.2 Å². The van der Waals surface area contributed by atoms with Crippen LogP contribution in [-0.4, -0.2) is 31.3 Å². The minimum absolute atomic E-state index is 0.221. The van der Waals surface area contributed by atoms with E-state index in [4.69, 9.17) is 30.8 Å². The van der Waals surface area contributed by atoms with Crippen LogP contribution in [0.15, 0.2) is 94.8 Å². The predicted octanol–water partition coefficient (Wildman–Crippen LogP) is 8.05. The molecule has 204 valence electrons. The van der Waals surface area contributed by atoms with Crippen LogP contribution < -0.4 is 14.2 Å². The third-order valence-electron chi connectivity index (χ3n) is 7.58. The average Bonchev–Trinajstić information content (AvgIpc) is 3.22. The van der Waals surface area contributed by atoms with Crippen molar-refractivity contribution in [2.45, 2.75) is 36.2 Å². The molecule has 7 heteroatoms. The lowest BCUT2D eigenvalue weighted by Crippen LogP contribution is -2.31. The number of methoxy groups -OCH3 is 2. The molecule has 1 aliphatic carbocycles. The Balaban J connectivity index is 1.24. The number of nitrogens with zero attached hydrogens (tertiary/aromatic N) is 2. The maximum atomic E-state index is 6.36. The summed E-state index contributed by atoms with van der Waals surface area (Å²) < 4.78 is 19.4. The third-order valence-corrected chi connectivity index (χ3v) is 8.80. The van der Waals surface area contributed by atoms with Crippen LogP contribution in [0.5, 0.6) is 17.2 Å². The molecule has 40 heavy (non-hydrogen) atoms. The third kappa shape index (κ3) is 5.71. The van der Waals surface area contributed by atoms with Crippen LogP contribution in [0.1, 0.15) is 28.7 Å². The first-order valence-corrected chi connectivity index (χ1v) is 14.5. The summed E-state index contributed by atoms with van der Waals surface area (Å²) in [6.07, 6.45) is 4.05. The molecule has 1 atom stereocenters. The van der Waals surface area contributed by atoms with Gasteiger partial charge in [0.15, 0.2) is 0 Å². The summed E-state index contributed by atoms with van der Waals surface area (Å²) in [5, 5.41) is 0.779. The lowest BCUT2D eigenvalue weighted by Gasteiger charge is -2.24. The van der Waals surface area contributed by atoms with Crippen LogP contribution in [0.2, 0.25) is 5.02 Å². The molecule has 4 aromatic carbocycles. The molecule has 1 heterocycles. The van der Waals surface area contributed by atoms with Crippen LogP contribution in [0, 0.1) is 0 Å². The second-order valence-corrected chi connectivity index (χ2v) is 11.8. The highest BCUT2D eigenvalue weighted by Gasteiger charge is 2.39. The summed E-state index contributed by atoms with van der Waals surface area (Å²) in [5.41, 5.74) is 5.62. The van der Waals surface area contributed by atoms with Gasteiger partial charge in [-0.1, -0.05) is 41.9 Å². The van der Waals surface area contributed by atoms with Crippen molar-refractivity contribution in [1.82, 2.24) is 4.31 Å². The van der Waals surface area contributed by atoms with E-state index in [0.29, 0.717) is 6.61 Å². The SMILES string of the molecule is COc1ccc(CN(Cc2ccc(OC)cc2)Sc2ccc3c(c2)N=CC2(CCc4cc(Cl)ccc42)CO3)cc1. The number of fused-ring (bicyclic) bond motifs is 3. The Morgan fingerprint density at radius 2 is 1.55 bits per heavy atom. The fraction of sp³-hybridized carbons (Fsp3) is 0.242. The Morgan fingerprint density at radius 1 is 0.875 bits per heavy atom. The van der Waals surface area contributed by atoms with Crippen molar-refractivity contribution in [3.05, 3.63) is 112 Å². The molecule has 0 radical (unpaired) electrons. The van der Waals surface area contributed by atoms with Gasteiger partial charge in [0.1, 0.15) is 29.5 Å². The number of rotatable bonds is 8. The molecule has 0 aromatic heterocycles. The highest BCUT2D eigenvalue weighted by atomic mass is 35.5.